The molecule has 20 heavy (non-hydrogen) atoms. The number of nitrogen functional groups attached to an aromatic ring is 1. The minimum Gasteiger partial charge on any atom is -0.493 e. The molecular formula is C15H17NO3S. The predicted molar refractivity (Wildman–Crippen MR) is 79.6 cm³/mol. The second-order valence-electron chi connectivity index (χ2n) is 4.55. The lowest BCUT2D eigenvalue weighted by atomic mass is 10.2. The first kappa shape index (κ1) is 14.4. The van der Waals surface area contributed by atoms with Gasteiger partial charge in [0.15, 0.2) is 9.84 Å². The molecule has 4 nitrogen and oxygen atoms in total. The highest BCUT2D eigenvalue weighted by atomic mass is 32.2. The van der Waals surface area contributed by atoms with Crippen molar-refractivity contribution in [1.82, 2.24) is 0 Å². The third kappa shape index (κ3) is 3.74. The lowest BCUT2D eigenvalue weighted by Crippen LogP contribution is -2.14. The first-order valence-corrected chi connectivity index (χ1v) is 7.90. The molecule has 2 aromatic carbocycles. The van der Waals surface area contributed by atoms with Gasteiger partial charge in [-0.15, -0.1) is 0 Å². The van der Waals surface area contributed by atoms with E-state index in [-0.39, 0.29) is 17.3 Å². The summed E-state index contributed by atoms with van der Waals surface area (Å²) in [6.07, 6.45) is 0. The van der Waals surface area contributed by atoms with E-state index in [4.69, 9.17) is 10.5 Å². The van der Waals surface area contributed by atoms with E-state index in [2.05, 4.69) is 0 Å². The number of ether oxygens (including phenoxy) is 1. The number of hydrogen-bond donors (Lipinski definition) is 1. The Balaban J connectivity index is 1.98. The van der Waals surface area contributed by atoms with Crippen LogP contribution in [-0.2, 0) is 9.84 Å². The summed E-state index contributed by atoms with van der Waals surface area (Å²) in [5, 5.41) is 0. The Morgan fingerprint density at radius 2 is 1.80 bits per heavy atom. The number of nitrogens with two attached hydrogens (primary N) is 1. The SMILES string of the molecule is Cc1cccc(OCCS(=O)(=O)c2ccc(N)cc2)c1. The summed E-state index contributed by atoms with van der Waals surface area (Å²) >= 11 is 0. The van der Waals surface area contributed by atoms with Crippen molar-refractivity contribution < 1.29 is 13.2 Å². The van der Waals surface area contributed by atoms with Crippen molar-refractivity contribution >= 4 is 15.5 Å². The Morgan fingerprint density at radius 3 is 2.45 bits per heavy atom. The van der Waals surface area contributed by atoms with E-state index in [1.165, 1.54) is 12.1 Å². The van der Waals surface area contributed by atoms with Crippen LogP contribution >= 0.6 is 0 Å². The van der Waals surface area contributed by atoms with Crippen LogP contribution < -0.4 is 10.5 Å². The van der Waals surface area contributed by atoms with Crippen molar-refractivity contribution in [2.45, 2.75) is 11.8 Å². The predicted octanol–water partition coefficient (Wildman–Crippen LogP) is 2.43. The standard InChI is InChI=1S/C15H17NO3S/c1-12-3-2-4-14(11-12)19-9-10-20(17,18)15-7-5-13(16)6-8-15/h2-8,11H,9-10,16H2,1H3. The number of hydrogen-bond acceptors (Lipinski definition) is 4. The Morgan fingerprint density at radius 1 is 1.10 bits per heavy atom. The van der Waals surface area contributed by atoms with Crippen LogP contribution in [0.15, 0.2) is 53.4 Å². The molecule has 0 radical (unpaired) electrons. The third-order valence-electron chi connectivity index (χ3n) is 2.85. The molecule has 0 aromatic heterocycles. The van der Waals surface area contributed by atoms with E-state index >= 15 is 0 Å². The summed E-state index contributed by atoms with van der Waals surface area (Å²) in [5.74, 6) is 0.614. The molecule has 0 atom stereocenters. The van der Waals surface area contributed by atoms with Gasteiger partial charge in [0.2, 0.25) is 0 Å². The number of aryl methyl sites for hydroxylation is 1. The van der Waals surface area contributed by atoms with Gasteiger partial charge in [-0.2, -0.15) is 0 Å². The van der Waals surface area contributed by atoms with Crippen molar-refractivity contribution in [2.75, 3.05) is 18.1 Å². The third-order valence-corrected chi connectivity index (χ3v) is 4.54. The zero-order chi connectivity index (χ0) is 14.6. The molecule has 0 aliphatic heterocycles. The summed E-state index contributed by atoms with van der Waals surface area (Å²) in [7, 11) is -3.34. The number of anilines is 1. The molecule has 0 unspecified atom stereocenters. The maximum atomic E-state index is 12.1. The van der Waals surface area contributed by atoms with Crippen LogP contribution in [0.2, 0.25) is 0 Å². The fraction of sp³-hybridized carbons (Fsp3) is 0.200. The van der Waals surface area contributed by atoms with Gasteiger partial charge in [0, 0.05) is 5.69 Å². The first-order chi connectivity index (χ1) is 9.47. The van der Waals surface area contributed by atoms with Gasteiger partial charge in [-0.1, -0.05) is 12.1 Å². The molecule has 0 fully saturated rings. The van der Waals surface area contributed by atoms with E-state index in [9.17, 15) is 8.42 Å². The molecule has 0 aliphatic rings. The van der Waals surface area contributed by atoms with E-state index in [1.807, 2.05) is 31.2 Å². The van der Waals surface area contributed by atoms with Crippen LogP contribution in [0, 0.1) is 6.92 Å². The smallest absolute Gasteiger partial charge is 0.181 e. The normalized spacial score (nSPS) is 11.2. The average Bonchev–Trinajstić information content (AvgIpc) is 2.39. The summed E-state index contributed by atoms with van der Waals surface area (Å²) in [4.78, 5) is 0.263. The maximum Gasteiger partial charge on any atom is 0.181 e. The molecule has 0 spiro atoms. The number of sulfone groups is 1. The number of benzene rings is 2. The van der Waals surface area contributed by atoms with Crippen molar-refractivity contribution in [2.24, 2.45) is 0 Å². The Labute approximate surface area is 119 Å². The molecule has 2 aromatic rings. The molecule has 0 saturated carbocycles. The average molecular weight is 291 g/mol. The summed E-state index contributed by atoms with van der Waals surface area (Å²) in [5.41, 5.74) is 7.16. The summed E-state index contributed by atoms with van der Waals surface area (Å²) in [6, 6.07) is 13.7. The van der Waals surface area contributed by atoms with E-state index in [0.29, 0.717) is 11.4 Å². The monoisotopic (exact) mass is 291 g/mol. The summed E-state index contributed by atoms with van der Waals surface area (Å²) in [6.45, 7) is 2.08. The molecule has 0 saturated heterocycles. The highest BCUT2D eigenvalue weighted by Gasteiger charge is 2.14. The van der Waals surface area contributed by atoms with Gasteiger partial charge < -0.3 is 10.5 Å². The van der Waals surface area contributed by atoms with Crippen molar-refractivity contribution in [1.29, 1.82) is 0 Å². The minimum absolute atomic E-state index is 0.0646. The van der Waals surface area contributed by atoms with Crippen molar-refractivity contribution in [3.8, 4) is 5.75 Å². The van der Waals surface area contributed by atoms with Crippen LogP contribution in [-0.4, -0.2) is 20.8 Å². The minimum atomic E-state index is -3.34. The molecule has 0 bridgehead atoms. The molecular weight excluding hydrogens is 274 g/mol. The maximum absolute atomic E-state index is 12.1. The lowest BCUT2D eigenvalue weighted by Gasteiger charge is -2.08. The Hall–Kier alpha value is -2.01. The van der Waals surface area contributed by atoms with Crippen LogP contribution in [0.1, 0.15) is 5.56 Å². The Kier molecular flexibility index (Phi) is 4.29. The van der Waals surface area contributed by atoms with Gasteiger partial charge in [-0.05, 0) is 48.9 Å². The highest BCUT2D eigenvalue weighted by molar-refractivity contribution is 7.91. The van der Waals surface area contributed by atoms with E-state index in [1.54, 1.807) is 12.1 Å². The molecule has 0 heterocycles. The second kappa shape index (κ2) is 5.96. The van der Waals surface area contributed by atoms with Crippen LogP contribution in [0.25, 0.3) is 0 Å². The van der Waals surface area contributed by atoms with Gasteiger partial charge in [0.1, 0.15) is 12.4 Å². The van der Waals surface area contributed by atoms with Crippen LogP contribution in [0.3, 0.4) is 0 Å². The van der Waals surface area contributed by atoms with E-state index < -0.39 is 9.84 Å². The molecule has 2 N–H and O–H groups in total. The highest BCUT2D eigenvalue weighted by Crippen LogP contribution is 2.15. The van der Waals surface area contributed by atoms with Gasteiger partial charge in [-0.3, -0.25) is 0 Å². The van der Waals surface area contributed by atoms with Gasteiger partial charge in [0.05, 0.1) is 10.6 Å². The van der Waals surface area contributed by atoms with E-state index in [0.717, 1.165) is 5.56 Å². The van der Waals surface area contributed by atoms with Crippen LogP contribution in [0.5, 0.6) is 5.75 Å². The van der Waals surface area contributed by atoms with Crippen molar-refractivity contribution in [3.05, 3.63) is 54.1 Å². The first-order valence-electron chi connectivity index (χ1n) is 6.25. The largest absolute Gasteiger partial charge is 0.493 e. The van der Waals surface area contributed by atoms with Crippen molar-refractivity contribution in [3.63, 3.8) is 0 Å². The van der Waals surface area contributed by atoms with Crippen LogP contribution in [0.4, 0.5) is 5.69 Å². The fourth-order valence-electron chi connectivity index (χ4n) is 1.77. The lowest BCUT2D eigenvalue weighted by molar-refractivity contribution is 0.340. The molecule has 5 heteroatoms. The summed E-state index contributed by atoms with van der Waals surface area (Å²) < 4.78 is 29.6. The second-order valence-corrected chi connectivity index (χ2v) is 6.66. The molecule has 0 amide bonds. The molecule has 106 valence electrons. The molecule has 0 aliphatic carbocycles. The topological polar surface area (TPSA) is 69.4 Å². The van der Waals surface area contributed by atoms with Gasteiger partial charge in [-0.25, -0.2) is 8.42 Å². The quantitative estimate of drug-likeness (QED) is 0.859. The fourth-order valence-corrected chi connectivity index (χ4v) is 2.86. The van der Waals surface area contributed by atoms with Gasteiger partial charge in [0.25, 0.3) is 0 Å². The number of rotatable bonds is 5. The zero-order valence-corrected chi connectivity index (χ0v) is 12.1. The van der Waals surface area contributed by atoms with Gasteiger partial charge >= 0.3 is 0 Å². The Bertz CT molecular complexity index is 679. The zero-order valence-electron chi connectivity index (χ0n) is 11.2. The molecule has 2 rings (SSSR count).